The predicted molar refractivity (Wildman–Crippen MR) is 83.3 cm³/mol. The molecule has 0 aliphatic heterocycles. The number of hydrogen-bond donors (Lipinski definition) is 1. The molecule has 0 heterocycles. The Morgan fingerprint density at radius 3 is 2.27 bits per heavy atom. The summed E-state index contributed by atoms with van der Waals surface area (Å²) < 4.78 is 23.6. The average molecular weight is 327 g/mol. The van der Waals surface area contributed by atoms with Crippen LogP contribution in [0.1, 0.15) is 19.4 Å². The molecule has 0 atom stereocenters. The van der Waals surface area contributed by atoms with Gasteiger partial charge in [-0.05, 0) is 25.8 Å². The van der Waals surface area contributed by atoms with Crippen LogP contribution in [-0.2, 0) is 25.8 Å². The average Bonchev–Trinajstić information content (AvgIpc) is 2.43. The maximum absolute atomic E-state index is 12.1. The van der Waals surface area contributed by atoms with Gasteiger partial charge in [-0.15, -0.1) is 0 Å². The first-order valence-electron chi connectivity index (χ1n) is 6.97. The van der Waals surface area contributed by atoms with Crippen molar-refractivity contribution >= 4 is 21.7 Å². The molecule has 1 amide bonds. The molecule has 7 heteroatoms. The second-order valence-electron chi connectivity index (χ2n) is 5.30. The molecular formula is C15H21NO5S. The molecule has 1 rings (SSSR count). The molecule has 0 radical (unpaired) electrons. The number of aliphatic carboxylic acids is 1. The van der Waals surface area contributed by atoms with E-state index >= 15 is 0 Å². The zero-order chi connectivity index (χ0) is 16.8. The molecule has 0 unspecified atom stereocenters. The van der Waals surface area contributed by atoms with Crippen LogP contribution in [0.4, 0.5) is 0 Å². The first-order valence-corrected chi connectivity index (χ1v) is 8.69. The summed E-state index contributed by atoms with van der Waals surface area (Å²) in [5.41, 5.74) is 0.956. The molecule has 0 fully saturated rings. The molecule has 0 aromatic heterocycles. The summed E-state index contributed by atoms with van der Waals surface area (Å²) >= 11 is 0. The highest BCUT2D eigenvalue weighted by Crippen LogP contribution is 2.06. The van der Waals surface area contributed by atoms with Crippen LogP contribution in [0.2, 0.25) is 0 Å². The zero-order valence-electron chi connectivity index (χ0n) is 12.7. The molecule has 22 heavy (non-hydrogen) atoms. The quantitative estimate of drug-likeness (QED) is 0.768. The maximum Gasteiger partial charge on any atom is 0.323 e. The highest BCUT2D eigenvalue weighted by Gasteiger charge is 2.25. The molecule has 0 bridgehead atoms. The topological polar surface area (TPSA) is 91.8 Å². The number of nitrogens with zero attached hydrogens (tertiary/aromatic N) is 1. The second-order valence-corrected chi connectivity index (χ2v) is 7.86. The fraction of sp³-hybridized carbons (Fsp3) is 0.467. The Morgan fingerprint density at radius 2 is 1.77 bits per heavy atom. The van der Waals surface area contributed by atoms with Crippen LogP contribution in [-0.4, -0.2) is 54.4 Å². The lowest BCUT2D eigenvalue weighted by molar-refractivity contribution is -0.143. The van der Waals surface area contributed by atoms with Crippen molar-refractivity contribution in [1.82, 2.24) is 4.90 Å². The van der Waals surface area contributed by atoms with Gasteiger partial charge in [0, 0.05) is 6.54 Å². The minimum atomic E-state index is -3.55. The molecule has 1 aromatic carbocycles. The summed E-state index contributed by atoms with van der Waals surface area (Å²) in [6, 6.07) is 9.30. The summed E-state index contributed by atoms with van der Waals surface area (Å²) in [6.07, 6.45) is 0.474. The molecule has 0 aliphatic rings. The van der Waals surface area contributed by atoms with E-state index in [2.05, 4.69) is 0 Å². The summed E-state index contributed by atoms with van der Waals surface area (Å²) in [6.45, 7) is 2.66. The normalized spacial score (nSPS) is 11.4. The lowest BCUT2D eigenvalue weighted by atomic mass is 10.1. The number of amides is 1. The Labute approximate surface area is 130 Å². The number of carboxylic acids is 1. The van der Waals surface area contributed by atoms with Crippen LogP contribution in [0.3, 0.4) is 0 Å². The maximum atomic E-state index is 12.1. The van der Waals surface area contributed by atoms with Gasteiger partial charge in [0.2, 0.25) is 5.91 Å². The van der Waals surface area contributed by atoms with E-state index in [4.69, 9.17) is 5.11 Å². The molecule has 122 valence electrons. The smallest absolute Gasteiger partial charge is 0.323 e. The fourth-order valence-electron chi connectivity index (χ4n) is 1.79. The van der Waals surface area contributed by atoms with Crippen molar-refractivity contribution in [1.29, 1.82) is 0 Å². The van der Waals surface area contributed by atoms with Crippen molar-refractivity contribution in [2.75, 3.05) is 18.8 Å². The van der Waals surface area contributed by atoms with Crippen molar-refractivity contribution in [2.24, 2.45) is 0 Å². The van der Waals surface area contributed by atoms with Crippen molar-refractivity contribution in [3.8, 4) is 0 Å². The first-order chi connectivity index (χ1) is 10.2. The highest BCUT2D eigenvalue weighted by molar-refractivity contribution is 7.92. The third-order valence-electron chi connectivity index (χ3n) is 3.23. The summed E-state index contributed by atoms with van der Waals surface area (Å²) in [5, 5.41) is 8.22. The number of carbonyl (C=O) groups excluding carboxylic acids is 1. The van der Waals surface area contributed by atoms with Gasteiger partial charge in [-0.2, -0.15) is 0 Å². The fourth-order valence-corrected chi connectivity index (χ4v) is 2.65. The van der Waals surface area contributed by atoms with E-state index in [-0.39, 0.29) is 6.54 Å². The van der Waals surface area contributed by atoms with E-state index in [1.807, 2.05) is 30.3 Å². The number of rotatable bonds is 8. The van der Waals surface area contributed by atoms with Gasteiger partial charge in [-0.25, -0.2) is 8.42 Å². The minimum absolute atomic E-state index is 0.169. The molecule has 1 aromatic rings. The Bertz CT molecular complexity index is 610. The Balaban J connectivity index is 2.75. The molecule has 1 N–H and O–H groups in total. The van der Waals surface area contributed by atoms with Crippen molar-refractivity contribution in [3.63, 3.8) is 0 Å². The van der Waals surface area contributed by atoms with Crippen LogP contribution in [0.25, 0.3) is 0 Å². The van der Waals surface area contributed by atoms with Crippen LogP contribution in [0.15, 0.2) is 30.3 Å². The Kier molecular flexibility index (Phi) is 6.55. The molecule has 0 saturated heterocycles. The van der Waals surface area contributed by atoms with Crippen molar-refractivity contribution in [3.05, 3.63) is 35.9 Å². The van der Waals surface area contributed by atoms with Crippen molar-refractivity contribution < 1.29 is 23.1 Å². The Hall–Kier alpha value is -1.89. The third kappa shape index (κ3) is 5.85. The van der Waals surface area contributed by atoms with Gasteiger partial charge < -0.3 is 10.0 Å². The summed E-state index contributed by atoms with van der Waals surface area (Å²) in [5.74, 6) is -2.50. The SMILES string of the molecule is CC(C)S(=O)(=O)CC(=O)N(CCc1ccccc1)CC(=O)O. The number of hydrogen-bond acceptors (Lipinski definition) is 4. The van der Waals surface area contributed by atoms with Crippen molar-refractivity contribution in [2.45, 2.75) is 25.5 Å². The van der Waals surface area contributed by atoms with Gasteiger partial charge in [-0.1, -0.05) is 30.3 Å². The van der Waals surface area contributed by atoms with Crippen LogP contribution < -0.4 is 0 Å². The van der Waals surface area contributed by atoms with E-state index in [0.717, 1.165) is 10.5 Å². The minimum Gasteiger partial charge on any atom is -0.480 e. The number of carboxylic acid groups (broad SMARTS) is 1. The van der Waals surface area contributed by atoms with E-state index in [9.17, 15) is 18.0 Å². The van der Waals surface area contributed by atoms with Gasteiger partial charge in [0.05, 0.1) is 5.25 Å². The molecule has 6 nitrogen and oxygen atoms in total. The highest BCUT2D eigenvalue weighted by atomic mass is 32.2. The zero-order valence-corrected chi connectivity index (χ0v) is 13.5. The second kappa shape index (κ2) is 7.93. The largest absolute Gasteiger partial charge is 0.480 e. The lowest BCUT2D eigenvalue weighted by Gasteiger charge is -2.21. The first kappa shape index (κ1) is 18.2. The predicted octanol–water partition coefficient (Wildman–Crippen LogP) is 0.965. The molecular weight excluding hydrogens is 306 g/mol. The van der Waals surface area contributed by atoms with E-state index in [1.165, 1.54) is 13.8 Å². The molecule has 0 aliphatic carbocycles. The molecule has 0 spiro atoms. The summed E-state index contributed by atoms with van der Waals surface area (Å²) in [4.78, 5) is 24.1. The van der Waals surface area contributed by atoms with Gasteiger partial charge in [0.1, 0.15) is 12.3 Å². The van der Waals surface area contributed by atoms with E-state index < -0.39 is 39.3 Å². The Morgan fingerprint density at radius 1 is 1.18 bits per heavy atom. The van der Waals surface area contributed by atoms with Gasteiger partial charge in [0.25, 0.3) is 0 Å². The van der Waals surface area contributed by atoms with E-state index in [1.54, 1.807) is 0 Å². The lowest BCUT2D eigenvalue weighted by Crippen LogP contribution is -2.41. The number of benzene rings is 1. The van der Waals surface area contributed by atoms with Gasteiger partial charge in [-0.3, -0.25) is 9.59 Å². The van der Waals surface area contributed by atoms with Crippen LogP contribution in [0, 0.1) is 0 Å². The van der Waals surface area contributed by atoms with Gasteiger partial charge in [0.15, 0.2) is 9.84 Å². The molecule has 0 saturated carbocycles. The van der Waals surface area contributed by atoms with Crippen LogP contribution >= 0.6 is 0 Å². The number of sulfone groups is 1. The number of carbonyl (C=O) groups is 2. The standard InChI is InChI=1S/C15H21NO5S/c1-12(2)22(20,21)11-14(17)16(10-15(18)19)9-8-13-6-4-3-5-7-13/h3-7,12H,8-11H2,1-2H3,(H,18,19). The summed E-state index contributed by atoms with van der Waals surface area (Å²) in [7, 11) is -3.55. The van der Waals surface area contributed by atoms with Gasteiger partial charge >= 0.3 is 5.97 Å². The van der Waals surface area contributed by atoms with E-state index in [0.29, 0.717) is 6.42 Å². The monoisotopic (exact) mass is 327 g/mol. The third-order valence-corrected chi connectivity index (χ3v) is 5.32. The van der Waals surface area contributed by atoms with Crippen LogP contribution in [0.5, 0.6) is 0 Å².